The molecule has 3 atom stereocenters. The Bertz CT molecular complexity index is 320. The van der Waals surface area contributed by atoms with Crippen LogP contribution in [0.3, 0.4) is 0 Å². The average Bonchev–Trinajstić information content (AvgIpc) is 2.21. The first-order valence-corrected chi connectivity index (χ1v) is 6.76. The van der Waals surface area contributed by atoms with Gasteiger partial charge in [0.15, 0.2) is 0 Å². The normalized spacial score (nSPS) is 29.9. The molecule has 1 aromatic rings. The van der Waals surface area contributed by atoms with Gasteiger partial charge in [-0.05, 0) is 65.6 Å². The predicted octanol–water partition coefficient (Wildman–Crippen LogP) is 3.39. The second kappa shape index (κ2) is 4.83. The molecule has 1 saturated carbocycles. The maximum Gasteiger partial charge on any atom is 0.0130 e. The minimum atomic E-state index is 0.735. The maximum absolute atomic E-state index is 3.41. The number of nitrogens with one attached hydrogen (secondary N) is 1. The van der Waals surface area contributed by atoms with Gasteiger partial charge in [0, 0.05) is 9.61 Å². The minimum absolute atomic E-state index is 0.735. The second-order valence-corrected chi connectivity index (χ2v) is 5.61. The highest BCUT2D eigenvalue weighted by molar-refractivity contribution is 14.1. The monoisotopic (exact) mass is 315 g/mol. The van der Waals surface area contributed by atoms with Crippen LogP contribution in [0.1, 0.15) is 31.2 Å². The first kappa shape index (κ1) is 11.4. The topological polar surface area (TPSA) is 12.0 Å². The van der Waals surface area contributed by atoms with Crippen LogP contribution in [-0.4, -0.2) is 13.1 Å². The van der Waals surface area contributed by atoms with E-state index in [0.717, 1.165) is 17.9 Å². The van der Waals surface area contributed by atoms with Crippen LogP contribution in [0, 0.1) is 9.49 Å². The van der Waals surface area contributed by atoms with Crippen molar-refractivity contribution >= 4 is 22.6 Å². The summed E-state index contributed by atoms with van der Waals surface area (Å²) < 4.78 is 1.33. The van der Waals surface area contributed by atoms with Crippen LogP contribution in [-0.2, 0) is 0 Å². The molecule has 0 aromatic heterocycles. The van der Waals surface area contributed by atoms with Crippen molar-refractivity contribution in [2.75, 3.05) is 7.05 Å². The Morgan fingerprint density at radius 2 is 2.00 bits per heavy atom. The quantitative estimate of drug-likeness (QED) is 0.843. The van der Waals surface area contributed by atoms with Gasteiger partial charge < -0.3 is 5.32 Å². The number of rotatable bonds is 3. The first-order chi connectivity index (χ1) is 7.26. The molecule has 82 valence electrons. The van der Waals surface area contributed by atoms with Crippen molar-refractivity contribution in [2.45, 2.75) is 31.7 Å². The molecule has 1 aliphatic rings. The van der Waals surface area contributed by atoms with Gasteiger partial charge in [0.25, 0.3) is 0 Å². The standard InChI is InChI=1S/C13H18IN/c1-3-11-12(8-13(11)15-2)9-4-6-10(14)7-5-9/h4-7,11-13,15H,3,8H2,1-2H3. The number of hydrogen-bond donors (Lipinski definition) is 1. The van der Waals surface area contributed by atoms with E-state index >= 15 is 0 Å². The number of halogens is 1. The highest BCUT2D eigenvalue weighted by atomic mass is 127. The molecule has 0 saturated heterocycles. The van der Waals surface area contributed by atoms with E-state index < -0.39 is 0 Å². The molecule has 1 aliphatic carbocycles. The van der Waals surface area contributed by atoms with Gasteiger partial charge in [-0.1, -0.05) is 25.5 Å². The van der Waals surface area contributed by atoms with Crippen molar-refractivity contribution in [3.63, 3.8) is 0 Å². The van der Waals surface area contributed by atoms with Crippen molar-refractivity contribution in [1.29, 1.82) is 0 Å². The third kappa shape index (κ3) is 2.21. The fourth-order valence-electron chi connectivity index (χ4n) is 2.70. The Morgan fingerprint density at radius 3 is 2.53 bits per heavy atom. The van der Waals surface area contributed by atoms with Crippen molar-refractivity contribution in [1.82, 2.24) is 5.32 Å². The van der Waals surface area contributed by atoms with E-state index in [9.17, 15) is 0 Å². The lowest BCUT2D eigenvalue weighted by atomic mass is 9.65. The molecule has 0 aliphatic heterocycles. The zero-order chi connectivity index (χ0) is 10.8. The fraction of sp³-hybridized carbons (Fsp3) is 0.538. The molecule has 0 spiro atoms. The zero-order valence-corrected chi connectivity index (χ0v) is 11.5. The Balaban J connectivity index is 2.09. The molecule has 1 fully saturated rings. The summed E-state index contributed by atoms with van der Waals surface area (Å²) in [6.45, 7) is 2.30. The molecule has 1 aromatic carbocycles. The summed E-state index contributed by atoms with van der Waals surface area (Å²) in [6.07, 6.45) is 2.58. The lowest BCUT2D eigenvalue weighted by molar-refractivity contribution is 0.169. The molecular formula is C13H18IN. The Labute approximate surface area is 106 Å². The average molecular weight is 315 g/mol. The van der Waals surface area contributed by atoms with Gasteiger partial charge in [-0.15, -0.1) is 0 Å². The first-order valence-electron chi connectivity index (χ1n) is 5.69. The van der Waals surface area contributed by atoms with E-state index in [1.807, 2.05) is 0 Å². The highest BCUT2D eigenvalue weighted by Gasteiger charge is 2.39. The van der Waals surface area contributed by atoms with Crippen LogP contribution in [0.15, 0.2) is 24.3 Å². The molecule has 3 unspecified atom stereocenters. The van der Waals surface area contributed by atoms with Crippen LogP contribution in [0.5, 0.6) is 0 Å². The molecule has 0 amide bonds. The van der Waals surface area contributed by atoms with E-state index in [1.165, 1.54) is 22.0 Å². The summed E-state index contributed by atoms with van der Waals surface area (Å²) in [5.41, 5.74) is 1.52. The third-order valence-corrected chi connectivity index (χ3v) is 4.40. The van der Waals surface area contributed by atoms with E-state index in [-0.39, 0.29) is 0 Å². The van der Waals surface area contributed by atoms with Crippen LogP contribution in [0.4, 0.5) is 0 Å². The summed E-state index contributed by atoms with van der Waals surface area (Å²) >= 11 is 2.36. The van der Waals surface area contributed by atoms with E-state index in [0.29, 0.717) is 0 Å². The summed E-state index contributed by atoms with van der Waals surface area (Å²) in [6, 6.07) is 9.76. The smallest absolute Gasteiger partial charge is 0.0130 e. The van der Waals surface area contributed by atoms with Gasteiger partial charge in [-0.2, -0.15) is 0 Å². The molecular weight excluding hydrogens is 297 g/mol. The molecule has 15 heavy (non-hydrogen) atoms. The third-order valence-electron chi connectivity index (χ3n) is 3.68. The Morgan fingerprint density at radius 1 is 1.33 bits per heavy atom. The van der Waals surface area contributed by atoms with Crippen molar-refractivity contribution < 1.29 is 0 Å². The lowest BCUT2D eigenvalue weighted by Crippen LogP contribution is -2.47. The van der Waals surface area contributed by atoms with Gasteiger partial charge >= 0.3 is 0 Å². The van der Waals surface area contributed by atoms with E-state index in [2.05, 4.69) is 66.1 Å². The van der Waals surface area contributed by atoms with Gasteiger partial charge in [-0.25, -0.2) is 0 Å². The van der Waals surface area contributed by atoms with Gasteiger partial charge in [0.2, 0.25) is 0 Å². The number of hydrogen-bond acceptors (Lipinski definition) is 1. The molecule has 1 N–H and O–H groups in total. The van der Waals surface area contributed by atoms with Crippen LogP contribution in [0.25, 0.3) is 0 Å². The second-order valence-electron chi connectivity index (χ2n) is 4.36. The van der Waals surface area contributed by atoms with Gasteiger partial charge in [0.1, 0.15) is 0 Å². The van der Waals surface area contributed by atoms with Gasteiger partial charge in [0.05, 0.1) is 0 Å². The van der Waals surface area contributed by atoms with E-state index in [1.54, 1.807) is 0 Å². The van der Waals surface area contributed by atoms with Crippen molar-refractivity contribution in [2.24, 2.45) is 5.92 Å². The zero-order valence-electron chi connectivity index (χ0n) is 9.33. The molecule has 0 heterocycles. The summed E-state index contributed by atoms with van der Waals surface area (Å²) in [5.74, 6) is 1.61. The lowest BCUT2D eigenvalue weighted by Gasteiger charge is -2.45. The SMILES string of the molecule is CCC1C(NC)CC1c1ccc(I)cc1. The van der Waals surface area contributed by atoms with Crippen LogP contribution in [0.2, 0.25) is 0 Å². The predicted molar refractivity (Wildman–Crippen MR) is 73.1 cm³/mol. The fourth-order valence-corrected chi connectivity index (χ4v) is 3.06. The van der Waals surface area contributed by atoms with Gasteiger partial charge in [-0.3, -0.25) is 0 Å². The molecule has 2 rings (SSSR count). The van der Waals surface area contributed by atoms with Crippen molar-refractivity contribution in [3.05, 3.63) is 33.4 Å². The molecule has 0 radical (unpaired) electrons. The Hall–Kier alpha value is -0.0900. The van der Waals surface area contributed by atoms with E-state index in [4.69, 9.17) is 0 Å². The van der Waals surface area contributed by atoms with Crippen molar-refractivity contribution in [3.8, 4) is 0 Å². The number of benzene rings is 1. The highest BCUT2D eigenvalue weighted by Crippen LogP contribution is 2.44. The summed E-state index contributed by atoms with van der Waals surface area (Å²) in [7, 11) is 2.08. The molecule has 2 heteroatoms. The maximum atomic E-state index is 3.41. The minimum Gasteiger partial charge on any atom is -0.317 e. The summed E-state index contributed by atoms with van der Waals surface area (Å²) in [5, 5.41) is 3.41. The Kier molecular flexibility index (Phi) is 3.67. The van der Waals surface area contributed by atoms with Crippen LogP contribution >= 0.6 is 22.6 Å². The molecule has 0 bridgehead atoms. The molecule has 1 nitrogen and oxygen atoms in total. The van der Waals surface area contributed by atoms with Crippen LogP contribution < -0.4 is 5.32 Å². The largest absolute Gasteiger partial charge is 0.317 e. The summed E-state index contributed by atoms with van der Waals surface area (Å²) in [4.78, 5) is 0.